The maximum atomic E-state index is 5.63. The topological polar surface area (TPSA) is 50.7 Å². The highest BCUT2D eigenvalue weighted by atomic mass is 35.5. The van der Waals surface area contributed by atoms with Crippen LogP contribution in [0.2, 0.25) is 5.15 Å². The van der Waals surface area contributed by atoms with E-state index >= 15 is 0 Å². The van der Waals surface area contributed by atoms with Crippen molar-refractivity contribution >= 4 is 17.5 Å². The number of hydrogen-bond donors (Lipinski definition) is 1. The van der Waals surface area contributed by atoms with E-state index in [-0.39, 0.29) is 0 Å². The van der Waals surface area contributed by atoms with Crippen LogP contribution in [-0.4, -0.2) is 15.0 Å². The third-order valence-electron chi connectivity index (χ3n) is 2.07. The van der Waals surface area contributed by atoms with Gasteiger partial charge in [0.15, 0.2) is 0 Å². The third kappa shape index (κ3) is 2.71. The molecule has 0 atom stereocenters. The number of aryl methyl sites for hydroxylation is 1. The first kappa shape index (κ1) is 11.4. The highest BCUT2D eigenvalue weighted by Gasteiger charge is 2.06. The summed E-state index contributed by atoms with van der Waals surface area (Å²) in [7, 11) is 0. The lowest BCUT2D eigenvalue weighted by Crippen LogP contribution is -1.96. The Kier molecular flexibility index (Phi) is 3.22. The van der Waals surface area contributed by atoms with Crippen molar-refractivity contribution in [1.29, 1.82) is 0 Å². The number of anilines is 1. The van der Waals surface area contributed by atoms with Crippen LogP contribution in [0, 0.1) is 19.4 Å². The number of nitrogens with one attached hydrogen (secondary N) is 1. The maximum absolute atomic E-state index is 5.63. The first-order valence-electron chi connectivity index (χ1n) is 4.88. The van der Waals surface area contributed by atoms with Crippen molar-refractivity contribution in [3.8, 4) is 23.7 Å². The van der Waals surface area contributed by atoms with Crippen LogP contribution in [0.5, 0.6) is 0 Å². The summed E-state index contributed by atoms with van der Waals surface area (Å²) in [6.07, 6.45) is 6.85. The molecule has 1 aliphatic heterocycles. The number of halogens is 1. The van der Waals surface area contributed by atoms with E-state index in [0.717, 1.165) is 5.69 Å². The minimum absolute atomic E-state index is 0.359. The number of pyridine rings is 1. The van der Waals surface area contributed by atoms with E-state index in [2.05, 4.69) is 32.4 Å². The van der Waals surface area contributed by atoms with E-state index in [1.165, 1.54) is 11.3 Å². The van der Waals surface area contributed by atoms with E-state index < -0.39 is 0 Å². The normalized spacial score (nSPS) is 9.71. The average Bonchev–Trinajstić information content (AvgIpc) is 2.23. The number of fused-ring (bicyclic) bond motifs is 1. The first-order valence-corrected chi connectivity index (χ1v) is 5.26. The van der Waals surface area contributed by atoms with Gasteiger partial charge in [0.2, 0.25) is 5.95 Å². The highest BCUT2D eigenvalue weighted by molar-refractivity contribution is 6.29. The third-order valence-corrected chi connectivity index (χ3v) is 2.26. The molecule has 84 valence electrons. The van der Waals surface area contributed by atoms with Crippen LogP contribution < -0.4 is 5.32 Å². The van der Waals surface area contributed by atoms with Gasteiger partial charge in [-0.15, -0.1) is 0 Å². The molecule has 0 unspecified atom stereocenters. The van der Waals surface area contributed by atoms with Gasteiger partial charge in [0.05, 0.1) is 5.69 Å². The molecule has 17 heavy (non-hydrogen) atoms. The number of terminal acetylenes is 1. The van der Waals surface area contributed by atoms with Crippen molar-refractivity contribution in [1.82, 2.24) is 15.0 Å². The van der Waals surface area contributed by atoms with Gasteiger partial charge in [0.25, 0.3) is 0 Å². The molecule has 2 aliphatic rings. The fourth-order valence-electron chi connectivity index (χ4n) is 1.20. The molecule has 1 N–H and O–H groups in total. The lowest BCUT2D eigenvalue weighted by atomic mass is 10.1. The van der Waals surface area contributed by atoms with Gasteiger partial charge in [-0.3, -0.25) is 10.3 Å². The Hall–Kier alpha value is -2.12. The standard InChI is InChI=1S/C7H6ClN3.C5H3N/c1-3-9-7-10-5(2)4-6(8)11-7;1-2-5-4(1)3-6-5/h1,4H,2H3,(H,9,10,11);1-3H. The van der Waals surface area contributed by atoms with Crippen molar-refractivity contribution in [3.63, 3.8) is 0 Å². The number of hydrogen-bond acceptors (Lipinski definition) is 4. The molecule has 0 spiro atoms. The van der Waals surface area contributed by atoms with Crippen molar-refractivity contribution in [2.45, 2.75) is 6.92 Å². The second-order valence-corrected chi connectivity index (χ2v) is 3.74. The zero-order valence-corrected chi connectivity index (χ0v) is 9.86. The van der Waals surface area contributed by atoms with Crippen LogP contribution in [-0.2, 0) is 0 Å². The fourth-order valence-corrected chi connectivity index (χ4v) is 1.44. The van der Waals surface area contributed by atoms with Gasteiger partial charge in [0, 0.05) is 23.5 Å². The van der Waals surface area contributed by atoms with Crippen LogP contribution in [0.4, 0.5) is 5.95 Å². The van der Waals surface area contributed by atoms with E-state index in [9.17, 15) is 0 Å². The Labute approximate surface area is 104 Å². The molecule has 0 amide bonds. The molecule has 0 radical (unpaired) electrons. The predicted molar refractivity (Wildman–Crippen MR) is 67.5 cm³/mol. The molecule has 5 heteroatoms. The van der Waals surface area contributed by atoms with Gasteiger partial charge in [-0.1, -0.05) is 18.0 Å². The summed E-state index contributed by atoms with van der Waals surface area (Å²) in [6.45, 7) is 1.81. The van der Waals surface area contributed by atoms with E-state index in [0.29, 0.717) is 11.1 Å². The van der Waals surface area contributed by atoms with Gasteiger partial charge in [-0.2, -0.15) is 0 Å². The molecular weight excluding hydrogens is 236 g/mol. The molecule has 4 nitrogen and oxygen atoms in total. The Bertz CT molecular complexity index is 531. The minimum Gasteiger partial charge on any atom is -0.283 e. The summed E-state index contributed by atoms with van der Waals surface area (Å²) in [4.78, 5) is 11.7. The minimum atomic E-state index is 0.359. The second-order valence-electron chi connectivity index (χ2n) is 3.36. The molecule has 0 fully saturated rings. The van der Waals surface area contributed by atoms with Crippen LogP contribution in [0.15, 0.2) is 24.4 Å². The van der Waals surface area contributed by atoms with Crippen molar-refractivity contribution < 1.29 is 0 Å². The Balaban J connectivity index is 0.000000148. The Morgan fingerprint density at radius 2 is 2.12 bits per heavy atom. The molecule has 3 rings (SSSR count). The van der Waals surface area contributed by atoms with Crippen LogP contribution in [0.1, 0.15) is 5.69 Å². The smallest absolute Gasteiger partial charge is 0.236 e. The van der Waals surface area contributed by atoms with E-state index in [4.69, 9.17) is 18.0 Å². The second kappa shape index (κ2) is 4.81. The van der Waals surface area contributed by atoms with Gasteiger partial charge < -0.3 is 0 Å². The zero-order valence-electron chi connectivity index (χ0n) is 9.11. The van der Waals surface area contributed by atoms with Crippen molar-refractivity contribution in [3.05, 3.63) is 35.2 Å². The Morgan fingerprint density at radius 3 is 2.47 bits per heavy atom. The average molecular weight is 245 g/mol. The highest BCUT2D eigenvalue weighted by Crippen LogP contribution is 2.25. The zero-order chi connectivity index (χ0) is 12.3. The Morgan fingerprint density at radius 1 is 1.35 bits per heavy atom. The number of nitrogens with zero attached hydrogens (tertiary/aromatic N) is 3. The van der Waals surface area contributed by atoms with Gasteiger partial charge in [0.1, 0.15) is 5.15 Å². The SMILES string of the molecule is C#CNc1nc(C)cc(Cl)n1.c1cc2ncc1-2. The van der Waals surface area contributed by atoms with E-state index in [1.54, 1.807) is 6.07 Å². The molecule has 0 saturated heterocycles. The number of aromatic nitrogens is 3. The first-order chi connectivity index (χ1) is 8.19. The quantitative estimate of drug-likeness (QED) is 0.406. The van der Waals surface area contributed by atoms with Crippen molar-refractivity contribution in [2.75, 3.05) is 5.32 Å². The number of rotatable bonds is 1. The van der Waals surface area contributed by atoms with Crippen LogP contribution in [0.25, 0.3) is 11.3 Å². The predicted octanol–water partition coefficient (Wildman–Crippen LogP) is 2.50. The molecular formula is C12H9ClN4. The lowest BCUT2D eigenvalue weighted by molar-refractivity contribution is 1.11. The summed E-state index contributed by atoms with van der Waals surface area (Å²) in [5, 5.41) is 2.89. The summed E-state index contributed by atoms with van der Waals surface area (Å²) >= 11 is 5.63. The molecule has 0 bridgehead atoms. The van der Waals surface area contributed by atoms with Crippen LogP contribution >= 0.6 is 11.6 Å². The monoisotopic (exact) mass is 244 g/mol. The molecule has 0 aromatic carbocycles. The van der Waals surface area contributed by atoms with Gasteiger partial charge in [-0.25, -0.2) is 9.97 Å². The molecule has 1 aromatic rings. The summed E-state index contributed by atoms with van der Waals surface area (Å²) in [6, 6.07) is 7.93. The molecule has 1 aliphatic carbocycles. The largest absolute Gasteiger partial charge is 0.283 e. The lowest BCUT2D eigenvalue weighted by Gasteiger charge is -2.08. The molecule has 1 aromatic heterocycles. The molecule has 0 saturated carbocycles. The van der Waals surface area contributed by atoms with Gasteiger partial charge >= 0.3 is 0 Å². The fraction of sp³-hybridized carbons (Fsp3) is 0.0833. The maximum Gasteiger partial charge on any atom is 0.236 e. The molecule has 2 heterocycles. The van der Waals surface area contributed by atoms with Crippen LogP contribution in [0.3, 0.4) is 0 Å². The van der Waals surface area contributed by atoms with E-state index in [1.807, 2.05) is 19.2 Å². The summed E-state index contributed by atoms with van der Waals surface area (Å²) < 4.78 is 0. The summed E-state index contributed by atoms with van der Waals surface area (Å²) in [5.41, 5.74) is 3.27. The van der Waals surface area contributed by atoms with Crippen molar-refractivity contribution in [2.24, 2.45) is 0 Å². The van der Waals surface area contributed by atoms with Gasteiger partial charge in [-0.05, 0) is 25.1 Å². The summed E-state index contributed by atoms with van der Waals surface area (Å²) in [5.74, 6) is 0.359.